The lowest BCUT2D eigenvalue weighted by Crippen LogP contribution is -2.27. The van der Waals surface area contributed by atoms with Crippen LogP contribution in [0.15, 0.2) is 23.6 Å². The van der Waals surface area contributed by atoms with Gasteiger partial charge in [-0.15, -0.1) is 11.3 Å². The number of carbonyl (C=O) groups is 2. The largest absolute Gasteiger partial charge is 0.298 e. The van der Waals surface area contributed by atoms with Crippen molar-refractivity contribution in [3.05, 3.63) is 40.4 Å². The molecule has 0 unspecified atom stereocenters. The van der Waals surface area contributed by atoms with Gasteiger partial charge in [-0.2, -0.15) is 0 Å². The van der Waals surface area contributed by atoms with Gasteiger partial charge in [-0.1, -0.05) is 0 Å². The molecule has 1 aliphatic heterocycles. The van der Waals surface area contributed by atoms with Crippen LogP contribution in [0.25, 0.3) is 0 Å². The first kappa shape index (κ1) is 16.6. The molecule has 2 heterocycles. The fourth-order valence-corrected chi connectivity index (χ4v) is 4.22. The predicted molar refractivity (Wildman–Crippen MR) is 92.4 cm³/mol. The maximum atomic E-state index is 12.3. The second-order valence-electron chi connectivity index (χ2n) is 5.48. The number of nitrogens with one attached hydrogen (secondary N) is 1. The van der Waals surface area contributed by atoms with E-state index in [1.165, 1.54) is 22.6 Å². The lowest BCUT2D eigenvalue weighted by atomic mass is 10.1. The number of aromatic nitrogens is 1. The van der Waals surface area contributed by atoms with E-state index in [9.17, 15) is 18.0 Å². The van der Waals surface area contributed by atoms with E-state index in [1.54, 1.807) is 23.6 Å². The number of hydrogen-bond acceptors (Lipinski definition) is 6. The number of anilines is 2. The number of carbonyl (C=O) groups excluding carboxylic acids is 2. The zero-order chi connectivity index (χ0) is 17.5. The zero-order valence-corrected chi connectivity index (χ0v) is 14.7. The third-order valence-corrected chi connectivity index (χ3v) is 5.62. The highest BCUT2D eigenvalue weighted by molar-refractivity contribution is 7.92. The van der Waals surface area contributed by atoms with Crippen LogP contribution in [-0.4, -0.2) is 37.9 Å². The van der Waals surface area contributed by atoms with Crippen LogP contribution in [0.1, 0.15) is 33.3 Å². The molecule has 1 amide bonds. The van der Waals surface area contributed by atoms with Crippen molar-refractivity contribution < 1.29 is 18.0 Å². The van der Waals surface area contributed by atoms with E-state index in [1.807, 2.05) is 0 Å². The minimum Gasteiger partial charge on any atom is -0.298 e. The van der Waals surface area contributed by atoms with Gasteiger partial charge >= 0.3 is 0 Å². The fourth-order valence-electron chi connectivity index (χ4n) is 2.52. The first-order valence-electron chi connectivity index (χ1n) is 7.14. The van der Waals surface area contributed by atoms with Crippen LogP contribution >= 0.6 is 11.3 Å². The average Bonchev–Trinajstić information content (AvgIpc) is 3.11. The first-order chi connectivity index (χ1) is 11.3. The molecule has 0 saturated heterocycles. The molecule has 0 radical (unpaired) electrons. The lowest BCUT2D eigenvalue weighted by molar-refractivity contribution is 0.100. The zero-order valence-electron chi connectivity index (χ0n) is 13.1. The van der Waals surface area contributed by atoms with Crippen LogP contribution in [0.2, 0.25) is 0 Å². The van der Waals surface area contributed by atoms with Crippen molar-refractivity contribution in [2.75, 3.05) is 22.4 Å². The molecule has 0 aliphatic carbocycles. The Morgan fingerprint density at radius 3 is 2.71 bits per heavy atom. The van der Waals surface area contributed by atoms with E-state index in [0.717, 1.165) is 11.8 Å². The van der Waals surface area contributed by atoms with Gasteiger partial charge in [0.05, 0.1) is 11.9 Å². The van der Waals surface area contributed by atoms with E-state index in [-0.39, 0.29) is 11.7 Å². The van der Waals surface area contributed by atoms with Gasteiger partial charge in [0.2, 0.25) is 10.0 Å². The Kier molecular flexibility index (Phi) is 4.14. The number of hydrogen-bond donors (Lipinski definition) is 1. The molecule has 1 N–H and O–H groups in total. The van der Waals surface area contributed by atoms with Crippen molar-refractivity contribution in [2.45, 2.75) is 13.3 Å². The quantitative estimate of drug-likeness (QED) is 0.835. The highest BCUT2D eigenvalue weighted by Gasteiger charge is 2.26. The van der Waals surface area contributed by atoms with Crippen molar-refractivity contribution in [3.8, 4) is 0 Å². The summed E-state index contributed by atoms with van der Waals surface area (Å²) in [6.45, 7) is 1.79. The first-order valence-corrected chi connectivity index (χ1v) is 9.87. The van der Waals surface area contributed by atoms with E-state index in [2.05, 4.69) is 10.3 Å². The Hall–Kier alpha value is -2.26. The maximum absolute atomic E-state index is 12.3. The third kappa shape index (κ3) is 3.17. The normalized spacial score (nSPS) is 13.7. The molecule has 1 aromatic carbocycles. The van der Waals surface area contributed by atoms with Gasteiger partial charge in [-0.05, 0) is 30.2 Å². The van der Waals surface area contributed by atoms with Crippen LogP contribution in [0.5, 0.6) is 0 Å². The summed E-state index contributed by atoms with van der Waals surface area (Å²) < 4.78 is 24.8. The molecule has 0 bridgehead atoms. The monoisotopic (exact) mass is 365 g/mol. The molecule has 1 aromatic heterocycles. The minimum atomic E-state index is -3.31. The van der Waals surface area contributed by atoms with Crippen molar-refractivity contribution in [1.82, 2.24) is 4.98 Å². The smallest absolute Gasteiger partial charge is 0.257 e. The number of ketones is 1. The number of sulfonamides is 1. The molecular formula is C15H15N3O4S2. The summed E-state index contributed by atoms with van der Waals surface area (Å²) >= 11 is 1.18. The number of thiazole rings is 1. The van der Waals surface area contributed by atoms with E-state index in [0.29, 0.717) is 35.0 Å². The highest BCUT2D eigenvalue weighted by Crippen LogP contribution is 2.31. The molecular weight excluding hydrogens is 350 g/mol. The number of amides is 1. The molecule has 7 nitrogen and oxygen atoms in total. The summed E-state index contributed by atoms with van der Waals surface area (Å²) in [4.78, 5) is 27.6. The number of fused-ring (bicyclic) bond motifs is 1. The number of rotatable bonds is 4. The van der Waals surface area contributed by atoms with Crippen molar-refractivity contribution in [1.29, 1.82) is 0 Å². The van der Waals surface area contributed by atoms with E-state index >= 15 is 0 Å². The van der Waals surface area contributed by atoms with Crippen LogP contribution in [0, 0.1) is 0 Å². The van der Waals surface area contributed by atoms with Gasteiger partial charge in [-0.3, -0.25) is 19.2 Å². The summed E-state index contributed by atoms with van der Waals surface area (Å²) in [5.74, 6) is -0.509. The number of Topliss-reactive ketones (excluding diaryl/α,β-unsaturated/α-hetero) is 1. The standard InChI is InChI=1S/C15H15N3O4S2/c1-9(19)12-8-23-15(16-12)17-14(20)11-3-4-13-10(7-11)5-6-18(13)24(2,21)22/h3-4,7-8H,5-6H2,1-2H3,(H,16,17,20). The van der Waals surface area contributed by atoms with Crippen molar-refractivity contribution >= 4 is 43.9 Å². The average molecular weight is 365 g/mol. The summed E-state index contributed by atoms with van der Waals surface area (Å²) in [5, 5.41) is 4.59. The van der Waals surface area contributed by atoms with Gasteiger partial charge in [0.15, 0.2) is 10.9 Å². The van der Waals surface area contributed by atoms with Gasteiger partial charge in [-0.25, -0.2) is 13.4 Å². The Balaban J connectivity index is 1.81. The van der Waals surface area contributed by atoms with Crippen molar-refractivity contribution in [3.63, 3.8) is 0 Å². The minimum absolute atomic E-state index is 0.162. The van der Waals surface area contributed by atoms with Crippen molar-refractivity contribution in [2.24, 2.45) is 0 Å². The van der Waals surface area contributed by atoms with E-state index < -0.39 is 10.0 Å². The second kappa shape index (κ2) is 5.99. The lowest BCUT2D eigenvalue weighted by Gasteiger charge is -2.16. The molecule has 2 aromatic rings. The summed E-state index contributed by atoms with van der Waals surface area (Å²) in [5.41, 5.74) is 2.16. The van der Waals surface area contributed by atoms with Crippen LogP contribution in [0.3, 0.4) is 0 Å². The number of benzene rings is 1. The summed E-state index contributed by atoms with van der Waals surface area (Å²) in [7, 11) is -3.31. The molecule has 0 atom stereocenters. The van der Waals surface area contributed by atoms with Gasteiger partial charge in [0.25, 0.3) is 5.91 Å². The SMILES string of the molecule is CC(=O)c1csc(NC(=O)c2ccc3c(c2)CCN3S(C)(=O)=O)n1. The summed E-state index contributed by atoms with van der Waals surface area (Å²) in [6.07, 6.45) is 1.73. The van der Waals surface area contributed by atoms with Crippen LogP contribution in [-0.2, 0) is 16.4 Å². The highest BCUT2D eigenvalue weighted by atomic mass is 32.2. The third-order valence-electron chi connectivity index (χ3n) is 3.68. The molecule has 3 rings (SSSR count). The Bertz CT molecular complexity index is 934. The van der Waals surface area contributed by atoms with Crippen LogP contribution < -0.4 is 9.62 Å². The molecule has 9 heteroatoms. The van der Waals surface area contributed by atoms with Gasteiger partial charge in [0, 0.05) is 24.4 Å². The molecule has 126 valence electrons. The topological polar surface area (TPSA) is 96.4 Å². The fraction of sp³-hybridized carbons (Fsp3) is 0.267. The Morgan fingerprint density at radius 2 is 2.08 bits per heavy atom. The van der Waals surface area contributed by atoms with Crippen LogP contribution in [0.4, 0.5) is 10.8 Å². The molecule has 1 aliphatic rings. The van der Waals surface area contributed by atoms with Gasteiger partial charge in [0.1, 0.15) is 5.69 Å². The summed E-state index contributed by atoms with van der Waals surface area (Å²) in [6, 6.07) is 4.91. The molecule has 0 fully saturated rings. The predicted octanol–water partition coefficient (Wildman–Crippen LogP) is 1.92. The molecule has 0 spiro atoms. The molecule has 0 saturated carbocycles. The van der Waals surface area contributed by atoms with E-state index in [4.69, 9.17) is 0 Å². The maximum Gasteiger partial charge on any atom is 0.257 e. The molecule has 24 heavy (non-hydrogen) atoms. The van der Waals surface area contributed by atoms with Gasteiger partial charge < -0.3 is 0 Å². The second-order valence-corrected chi connectivity index (χ2v) is 8.24. The number of nitrogens with zero attached hydrogens (tertiary/aromatic N) is 2. The Labute approximate surface area is 143 Å². The Morgan fingerprint density at radius 1 is 1.33 bits per heavy atom.